The second kappa shape index (κ2) is 2.11. The molecular formula is C11H12O. The van der Waals surface area contributed by atoms with E-state index in [1.54, 1.807) is 0 Å². The predicted octanol–water partition coefficient (Wildman–Crippen LogP) is 2.63. The summed E-state index contributed by atoms with van der Waals surface area (Å²) in [5.41, 5.74) is 2.93. The highest BCUT2D eigenvalue weighted by atomic mass is 16.6. The quantitative estimate of drug-likeness (QED) is 0.531. The van der Waals surface area contributed by atoms with Crippen molar-refractivity contribution in [3.63, 3.8) is 0 Å². The summed E-state index contributed by atoms with van der Waals surface area (Å²) in [5.74, 6) is 0.685. The van der Waals surface area contributed by atoms with Crippen LogP contribution in [0.5, 0.6) is 0 Å². The van der Waals surface area contributed by atoms with Gasteiger partial charge >= 0.3 is 0 Å². The lowest BCUT2D eigenvalue weighted by atomic mass is 9.84. The first kappa shape index (κ1) is 6.67. The van der Waals surface area contributed by atoms with Crippen molar-refractivity contribution in [2.24, 2.45) is 0 Å². The van der Waals surface area contributed by atoms with E-state index in [1.807, 2.05) is 0 Å². The highest BCUT2D eigenvalue weighted by Crippen LogP contribution is 2.50. The minimum atomic E-state index is 0.442. The normalized spacial score (nSPS) is 36.9. The first-order chi connectivity index (χ1) is 5.86. The Morgan fingerprint density at radius 1 is 1.25 bits per heavy atom. The predicted molar refractivity (Wildman–Crippen MR) is 47.1 cm³/mol. The Kier molecular flexibility index (Phi) is 1.17. The van der Waals surface area contributed by atoms with Crippen LogP contribution in [0.3, 0.4) is 0 Å². The Morgan fingerprint density at radius 3 is 2.83 bits per heavy atom. The molecule has 1 heteroatoms. The lowest BCUT2D eigenvalue weighted by Crippen LogP contribution is -2.08. The molecule has 1 aliphatic heterocycles. The number of hydrogen-bond acceptors (Lipinski definition) is 1. The molecular weight excluding hydrogens is 148 g/mol. The maximum Gasteiger partial charge on any atom is 0.109 e. The Labute approximate surface area is 72.4 Å². The Bertz CT molecular complexity index is 304. The van der Waals surface area contributed by atoms with Crippen LogP contribution in [-0.2, 0) is 4.74 Å². The molecule has 1 aliphatic carbocycles. The van der Waals surface area contributed by atoms with E-state index >= 15 is 0 Å². The average Bonchev–Trinajstić information content (AvgIpc) is 2.84. The van der Waals surface area contributed by atoms with Crippen LogP contribution in [0.25, 0.3) is 0 Å². The first-order valence-corrected chi connectivity index (χ1v) is 4.60. The molecule has 12 heavy (non-hydrogen) atoms. The molecule has 1 saturated heterocycles. The molecule has 1 fully saturated rings. The second-order valence-electron chi connectivity index (χ2n) is 3.86. The molecule has 0 saturated carbocycles. The Balaban J connectivity index is 2.15. The van der Waals surface area contributed by atoms with Gasteiger partial charge in [0.15, 0.2) is 0 Å². The molecule has 2 aliphatic rings. The SMILES string of the molecule is C[C@@H]1C[C@@H]2O[C@@H]2c2ccccc21. The third-order valence-corrected chi connectivity index (χ3v) is 3.00. The fourth-order valence-corrected chi connectivity index (χ4v) is 2.29. The number of fused-ring (bicyclic) bond motifs is 3. The number of epoxide rings is 1. The number of benzene rings is 1. The Morgan fingerprint density at radius 2 is 2.00 bits per heavy atom. The summed E-state index contributed by atoms with van der Waals surface area (Å²) < 4.78 is 5.57. The van der Waals surface area contributed by atoms with Crippen molar-refractivity contribution in [3.05, 3.63) is 35.4 Å². The minimum absolute atomic E-state index is 0.442. The van der Waals surface area contributed by atoms with Gasteiger partial charge in [-0.3, -0.25) is 0 Å². The summed E-state index contributed by atoms with van der Waals surface area (Å²) in [6.07, 6.45) is 2.19. The Hall–Kier alpha value is -0.820. The van der Waals surface area contributed by atoms with Crippen LogP contribution in [0.1, 0.15) is 36.5 Å². The maximum absolute atomic E-state index is 5.57. The fourth-order valence-electron chi connectivity index (χ4n) is 2.29. The molecule has 3 rings (SSSR count). The number of ether oxygens (including phenoxy) is 1. The summed E-state index contributed by atoms with van der Waals surface area (Å²) >= 11 is 0. The van der Waals surface area contributed by atoms with Crippen LogP contribution in [0.4, 0.5) is 0 Å². The van der Waals surface area contributed by atoms with Crippen molar-refractivity contribution in [3.8, 4) is 0 Å². The van der Waals surface area contributed by atoms with Crippen LogP contribution in [0.15, 0.2) is 24.3 Å². The third kappa shape index (κ3) is 0.774. The number of hydrogen-bond donors (Lipinski definition) is 0. The lowest BCUT2D eigenvalue weighted by Gasteiger charge is -2.18. The molecule has 1 nitrogen and oxygen atoms in total. The molecule has 0 aromatic heterocycles. The molecule has 0 radical (unpaired) electrons. The van der Waals surface area contributed by atoms with Gasteiger partial charge in [0.25, 0.3) is 0 Å². The van der Waals surface area contributed by atoms with E-state index in [2.05, 4.69) is 31.2 Å². The summed E-state index contributed by atoms with van der Waals surface area (Å²) in [6.45, 7) is 2.29. The van der Waals surface area contributed by atoms with Gasteiger partial charge in [0.05, 0.1) is 6.10 Å². The van der Waals surface area contributed by atoms with Crippen molar-refractivity contribution < 1.29 is 4.74 Å². The van der Waals surface area contributed by atoms with E-state index in [9.17, 15) is 0 Å². The molecule has 3 atom stereocenters. The highest BCUT2D eigenvalue weighted by molar-refractivity contribution is 5.37. The van der Waals surface area contributed by atoms with Crippen molar-refractivity contribution in [1.82, 2.24) is 0 Å². The zero-order valence-corrected chi connectivity index (χ0v) is 7.16. The summed E-state index contributed by atoms with van der Waals surface area (Å²) in [4.78, 5) is 0. The standard InChI is InChI=1S/C11H12O/c1-7-6-10-11(12-10)9-5-3-2-4-8(7)9/h2-5,7,10-11H,6H2,1H3/t7-,10+,11-/m1/s1. The van der Waals surface area contributed by atoms with Crippen LogP contribution < -0.4 is 0 Å². The molecule has 0 unspecified atom stereocenters. The van der Waals surface area contributed by atoms with Crippen LogP contribution in [0, 0.1) is 0 Å². The van der Waals surface area contributed by atoms with E-state index in [4.69, 9.17) is 4.74 Å². The van der Waals surface area contributed by atoms with Crippen LogP contribution in [0.2, 0.25) is 0 Å². The second-order valence-corrected chi connectivity index (χ2v) is 3.86. The molecule has 0 N–H and O–H groups in total. The van der Waals surface area contributed by atoms with Gasteiger partial charge in [0.2, 0.25) is 0 Å². The van der Waals surface area contributed by atoms with Crippen molar-refractivity contribution in [1.29, 1.82) is 0 Å². The molecule has 0 bridgehead atoms. The van der Waals surface area contributed by atoms with Gasteiger partial charge in [-0.2, -0.15) is 0 Å². The monoisotopic (exact) mass is 160 g/mol. The zero-order chi connectivity index (χ0) is 8.13. The van der Waals surface area contributed by atoms with E-state index in [0.717, 1.165) is 0 Å². The third-order valence-electron chi connectivity index (χ3n) is 3.00. The van der Waals surface area contributed by atoms with Gasteiger partial charge in [-0.05, 0) is 23.5 Å². The van der Waals surface area contributed by atoms with Gasteiger partial charge in [0.1, 0.15) is 6.10 Å². The largest absolute Gasteiger partial charge is 0.364 e. The summed E-state index contributed by atoms with van der Waals surface area (Å²) in [7, 11) is 0. The molecule has 0 amide bonds. The van der Waals surface area contributed by atoms with Gasteiger partial charge in [0, 0.05) is 0 Å². The van der Waals surface area contributed by atoms with Gasteiger partial charge < -0.3 is 4.74 Å². The molecule has 62 valence electrons. The zero-order valence-electron chi connectivity index (χ0n) is 7.16. The molecule has 1 aromatic carbocycles. The maximum atomic E-state index is 5.57. The van der Waals surface area contributed by atoms with E-state index in [0.29, 0.717) is 18.1 Å². The minimum Gasteiger partial charge on any atom is -0.364 e. The lowest BCUT2D eigenvalue weighted by molar-refractivity contribution is 0.367. The summed E-state index contributed by atoms with van der Waals surface area (Å²) in [5, 5.41) is 0. The highest BCUT2D eigenvalue weighted by Gasteiger charge is 2.45. The van der Waals surface area contributed by atoms with E-state index in [1.165, 1.54) is 17.5 Å². The molecule has 1 aromatic rings. The van der Waals surface area contributed by atoms with E-state index in [-0.39, 0.29) is 0 Å². The average molecular weight is 160 g/mol. The summed E-state index contributed by atoms with van der Waals surface area (Å²) in [6, 6.07) is 8.67. The number of rotatable bonds is 0. The van der Waals surface area contributed by atoms with Gasteiger partial charge in [-0.1, -0.05) is 31.2 Å². The fraction of sp³-hybridized carbons (Fsp3) is 0.455. The molecule has 1 heterocycles. The van der Waals surface area contributed by atoms with Crippen LogP contribution >= 0.6 is 0 Å². The topological polar surface area (TPSA) is 12.5 Å². The van der Waals surface area contributed by atoms with E-state index < -0.39 is 0 Å². The van der Waals surface area contributed by atoms with Crippen molar-refractivity contribution >= 4 is 0 Å². The van der Waals surface area contributed by atoms with Crippen molar-refractivity contribution in [2.45, 2.75) is 31.5 Å². The van der Waals surface area contributed by atoms with Crippen LogP contribution in [-0.4, -0.2) is 6.10 Å². The van der Waals surface area contributed by atoms with Gasteiger partial charge in [-0.15, -0.1) is 0 Å². The van der Waals surface area contributed by atoms with Gasteiger partial charge in [-0.25, -0.2) is 0 Å². The molecule has 0 spiro atoms. The smallest absolute Gasteiger partial charge is 0.109 e. The first-order valence-electron chi connectivity index (χ1n) is 4.60. The van der Waals surface area contributed by atoms with Crippen molar-refractivity contribution in [2.75, 3.05) is 0 Å².